The van der Waals surface area contributed by atoms with Crippen LogP contribution in [0.2, 0.25) is 19.1 Å². The van der Waals surface area contributed by atoms with Gasteiger partial charge in [0.2, 0.25) is 0 Å². The quantitative estimate of drug-likeness (QED) is 0.578. The molecule has 0 aliphatic carbocycles. The van der Waals surface area contributed by atoms with E-state index in [2.05, 4.69) is 31.9 Å². The van der Waals surface area contributed by atoms with Crippen LogP contribution in [0.1, 0.15) is 13.8 Å². The molecule has 7 heteroatoms. The summed E-state index contributed by atoms with van der Waals surface area (Å²) < 4.78 is 35.2. The fourth-order valence-corrected chi connectivity index (χ4v) is 6.39. The van der Waals surface area contributed by atoms with E-state index < -0.39 is 18.4 Å². The van der Waals surface area contributed by atoms with Gasteiger partial charge >= 0.3 is 10.1 Å². The highest BCUT2D eigenvalue weighted by Gasteiger charge is 2.25. The molecule has 0 spiro atoms. The molecule has 1 N–H and O–H groups in total. The third-order valence-electron chi connectivity index (χ3n) is 3.47. The predicted octanol–water partition coefficient (Wildman–Crippen LogP) is 3.75. The van der Waals surface area contributed by atoms with Crippen molar-refractivity contribution in [2.24, 2.45) is 5.92 Å². The zero-order valence-electron chi connectivity index (χ0n) is 14.1. The second-order valence-corrected chi connectivity index (χ2v) is 12.7. The van der Waals surface area contributed by atoms with Crippen molar-refractivity contribution in [1.82, 2.24) is 4.98 Å². The molecule has 0 amide bonds. The lowest BCUT2D eigenvalue weighted by Crippen LogP contribution is -2.34. The fraction of sp³-hybridized carbons (Fsp3) is 0.500. The third-order valence-corrected chi connectivity index (χ3v) is 7.37. The van der Waals surface area contributed by atoms with E-state index in [9.17, 15) is 8.42 Å². The van der Waals surface area contributed by atoms with Crippen molar-refractivity contribution >= 4 is 29.3 Å². The summed E-state index contributed by atoms with van der Waals surface area (Å²) in [5, 5.41) is 0.916. The molecule has 2 rings (SSSR count). The highest BCUT2D eigenvalue weighted by atomic mass is 32.2. The highest BCUT2D eigenvalue weighted by Crippen LogP contribution is 2.21. The van der Waals surface area contributed by atoms with Crippen molar-refractivity contribution < 1.29 is 17.0 Å². The summed E-state index contributed by atoms with van der Waals surface area (Å²) in [6.45, 7) is 8.70. The summed E-state index contributed by atoms with van der Waals surface area (Å²) in [6.07, 6.45) is 1.80. The van der Waals surface area contributed by atoms with Gasteiger partial charge in [-0.3, -0.25) is 0 Å². The maximum Gasteiger partial charge on any atom is 0.311 e. The Morgan fingerprint density at radius 3 is 2.65 bits per heavy atom. The van der Waals surface area contributed by atoms with E-state index in [0.717, 1.165) is 16.9 Å². The molecule has 0 saturated carbocycles. The van der Waals surface area contributed by atoms with Gasteiger partial charge in [-0.25, -0.2) is 0 Å². The smallest absolute Gasteiger partial charge is 0.311 e. The van der Waals surface area contributed by atoms with Crippen LogP contribution in [-0.4, -0.2) is 34.1 Å². The number of hydrogen-bond donors (Lipinski definition) is 1. The lowest BCUT2D eigenvalue weighted by atomic mass is 10.2. The Morgan fingerprint density at radius 2 is 1.96 bits per heavy atom. The van der Waals surface area contributed by atoms with Crippen molar-refractivity contribution in [3.05, 3.63) is 30.5 Å². The summed E-state index contributed by atoms with van der Waals surface area (Å²) in [6, 6.07) is 8.04. The van der Waals surface area contributed by atoms with E-state index in [1.807, 2.05) is 6.07 Å². The number of hydrogen-bond acceptors (Lipinski definition) is 4. The average Bonchev–Trinajstić information content (AvgIpc) is 2.83. The molecule has 0 aliphatic rings. The Bertz CT molecular complexity index is 752. The molecule has 1 aromatic heterocycles. The minimum Gasteiger partial charge on any atom is -0.416 e. The molecule has 0 atom stereocenters. The van der Waals surface area contributed by atoms with E-state index >= 15 is 0 Å². The lowest BCUT2D eigenvalue weighted by molar-refractivity contribution is 0.321. The second kappa shape index (κ2) is 7.07. The van der Waals surface area contributed by atoms with Crippen LogP contribution in [0, 0.1) is 5.92 Å². The van der Waals surface area contributed by atoms with Crippen molar-refractivity contribution in [3.63, 3.8) is 0 Å². The lowest BCUT2D eigenvalue weighted by Gasteiger charge is -2.24. The Kier molecular flexibility index (Phi) is 5.54. The maximum absolute atomic E-state index is 12.1. The van der Waals surface area contributed by atoms with Crippen molar-refractivity contribution in [2.75, 3.05) is 12.4 Å². The van der Waals surface area contributed by atoms with Crippen LogP contribution in [0.15, 0.2) is 30.5 Å². The van der Waals surface area contributed by atoms with Crippen LogP contribution in [-0.2, 0) is 14.5 Å². The number of aromatic nitrogens is 1. The first-order valence-electron chi connectivity index (χ1n) is 7.80. The number of nitrogens with one attached hydrogen (secondary N) is 1. The van der Waals surface area contributed by atoms with Crippen LogP contribution in [0.4, 0.5) is 0 Å². The Labute approximate surface area is 139 Å². The normalized spacial score (nSPS) is 12.9. The predicted molar refractivity (Wildman–Crippen MR) is 95.8 cm³/mol. The zero-order valence-corrected chi connectivity index (χ0v) is 15.9. The molecule has 0 saturated heterocycles. The number of benzene rings is 1. The molecule has 1 heterocycles. The Hall–Kier alpha value is -1.31. The van der Waals surface area contributed by atoms with E-state index in [0.29, 0.717) is 11.7 Å². The first-order valence-corrected chi connectivity index (χ1v) is 12.5. The van der Waals surface area contributed by atoms with Gasteiger partial charge in [-0.05, 0) is 49.3 Å². The number of H-pyrrole nitrogens is 1. The summed E-state index contributed by atoms with van der Waals surface area (Å²) >= 11 is 0. The minimum atomic E-state index is -3.65. The molecular weight excluding hydrogens is 330 g/mol. The van der Waals surface area contributed by atoms with Gasteiger partial charge in [-0.15, -0.1) is 0 Å². The van der Waals surface area contributed by atoms with Gasteiger partial charge in [-0.1, -0.05) is 13.8 Å². The Morgan fingerprint density at radius 1 is 1.22 bits per heavy atom. The average molecular weight is 356 g/mol. The molecule has 0 fully saturated rings. The Balaban J connectivity index is 1.91. The summed E-state index contributed by atoms with van der Waals surface area (Å²) in [5.41, 5.74) is 0.944. The minimum absolute atomic E-state index is 0.132. The van der Waals surface area contributed by atoms with Gasteiger partial charge in [0.05, 0.1) is 6.61 Å². The fourth-order valence-electron chi connectivity index (χ4n) is 2.73. The molecule has 23 heavy (non-hydrogen) atoms. The molecular formula is C16H25NO4SSi. The van der Waals surface area contributed by atoms with E-state index in [4.69, 9.17) is 8.61 Å². The molecule has 1 aromatic carbocycles. The molecule has 0 bridgehead atoms. The van der Waals surface area contributed by atoms with Crippen molar-refractivity contribution in [1.29, 1.82) is 0 Å². The van der Waals surface area contributed by atoms with Crippen LogP contribution in [0.3, 0.4) is 0 Å². The SMILES string of the molecule is CC(C)C[Si](C)(C)OCCS(=O)(=O)Oc1ccc2[nH]ccc2c1. The summed E-state index contributed by atoms with van der Waals surface area (Å²) in [7, 11) is -5.46. The van der Waals surface area contributed by atoms with Crippen molar-refractivity contribution in [3.8, 4) is 5.75 Å². The number of aromatic amines is 1. The molecule has 0 aliphatic heterocycles. The first-order chi connectivity index (χ1) is 10.7. The second-order valence-electron chi connectivity index (χ2n) is 6.78. The molecule has 128 valence electrons. The van der Waals surface area contributed by atoms with Gasteiger partial charge in [0.1, 0.15) is 11.5 Å². The topological polar surface area (TPSA) is 68.4 Å². The van der Waals surface area contributed by atoms with Gasteiger partial charge in [0.25, 0.3) is 0 Å². The van der Waals surface area contributed by atoms with Gasteiger partial charge in [-0.2, -0.15) is 8.42 Å². The van der Waals surface area contributed by atoms with Gasteiger partial charge < -0.3 is 13.6 Å². The van der Waals surface area contributed by atoms with E-state index in [1.54, 1.807) is 24.4 Å². The summed E-state index contributed by atoms with van der Waals surface area (Å²) in [4.78, 5) is 3.06. The van der Waals surface area contributed by atoms with Crippen LogP contribution < -0.4 is 4.18 Å². The maximum atomic E-state index is 12.1. The molecule has 0 unspecified atom stereocenters. The van der Waals surface area contributed by atoms with Crippen LogP contribution in [0.5, 0.6) is 5.75 Å². The van der Waals surface area contributed by atoms with E-state index in [-0.39, 0.29) is 12.4 Å². The molecule has 2 aromatic rings. The van der Waals surface area contributed by atoms with Crippen LogP contribution in [0.25, 0.3) is 10.9 Å². The van der Waals surface area contributed by atoms with Gasteiger partial charge in [0.15, 0.2) is 8.32 Å². The van der Waals surface area contributed by atoms with Gasteiger partial charge in [0, 0.05) is 17.1 Å². The standard InChI is InChI=1S/C16H25NO4SSi/c1-13(2)12-23(3,4)20-9-10-22(18,19)21-15-5-6-16-14(11-15)7-8-17-16/h5-8,11,13,17H,9-10,12H2,1-4H3. The highest BCUT2D eigenvalue weighted by molar-refractivity contribution is 7.87. The van der Waals surface area contributed by atoms with Crippen LogP contribution >= 0.6 is 0 Å². The number of fused-ring (bicyclic) bond motifs is 1. The van der Waals surface area contributed by atoms with E-state index in [1.165, 1.54) is 0 Å². The molecule has 5 nitrogen and oxygen atoms in total. The first kappa shape index (κ1) is 18.0. The summed E-state index contributed by atoms with van der Waals surface area (Å²) in [5.74, 6) is 0.751. The molecule has 0 radical (unpaired) electrons. The van der Waals surface area contributed by atoms with Crippen molar-refractivity contribution in [2.45, 2.75) is 33.0 Å². The largest absolute Gasteiger partial charge is 0.416 e. The third kappa shape index (κ3) is 5.67. The number of rotatable bonds is 8. The monoisotopic (exact) mass is 355 g/mol. The zero-order chi connectivity index (χ0) is 17.1.